The zero-order chi connectivity index (χ0) is 10.1. The average molecular weight is 215 g/mol. The van der Waals surface area contributed by atoms with Crippen molar-refractivity contribution < 1.29 is 0 Å². The summed E-state index contributed by atoms with van der Waals surface area (Å²) >= 11 is 2.08. The molecule has 0 saturated heterocycles. The Morgan fingerprint density at radius 2 is 1.79 bits per heavy atom. The molecule has 1 rings (SSSR count). The fourth-order valence-corrected chi connectivity index (χ4v) is 2.82. The monoisotopic (exact) mass is 215 g/mol. The highest BCUT2D eigenvalue weighted by Gasteiger charge is 2.10. The van der Waals surface area contributed by atoms with Crippen LogP contribution in [0.4, 0.5) is 0 Å². The highest BCUT2D eigenvalue weighted by Crippen LogP contribution is 2.17. The summed E-state index contributed by atoms with van der Waals surface area (Å²) in [6, 6.07) is 0.833. The van der Waals surface area contributed by atoms with Gasteiger partial charge in [-0.15, -0.1) is 0 Å². The molecule has 0 aromatic carbocycles. The summed E-state index contributed by atoms with van der Waals surface area (Å²) in [6.07, 6.45) is 9.95. The molecule has 0 heterocycles. The molecule has 0 atom stereocenters. The van der Waals surface area contributed by atoms with E-state index >= 15 is 0 Å². The van der Waals surface area contributed by atoms with E-state index in [9.17, 15) is 0 Å². The van der Waals surface area contributed by atoms with Crippen molar-refractivity contribution in [2.75, 3.05) is 18.1 Å². The summed E-state index contributed by atoms with van der Waals surface area (Å²) in [5, 5.41) is 3.70. The maximum absolute atomic E-state index is 3.70. The van der Waals surface area contributed by atoms with Crippen LogP contribution in [0.3, 0.4) is 0 Å². The largest absolute Gasteiger partial charge is 0.313 e. The van der Waals surface area contributed by atoms with Crippen LogP contribution in [0.2, 0.25) is 0 Å². The first-order chi connectivity index (χ1) is 6.93. The van der Waals surface area contributed by atoms with Crippen LogP contribution in [0.5, 0.6) is 0 Å². The van der Waals surface area contributed by atoms with E-state index in [1.165, 1.54) is 63.0 Å². The SMILES string of the molecule is CCCSCCNC1CCCCCC1. The molecule has 0 spiro atoms. The van der Waals surface area contributed by atoms with Crippen LogP contribution >= 0.6 is 11.8 Å². The van der Waals surface area contributed by atoms with Crippen LogP contribution in [-0.4, -0.2) is 24.1 Å². The first-order valence-corrected chi connectivity index (χ1v) is 7.40. The highest BCUT2D eigenvalue weighted by molar-refractivity contribution is 7.99. The highest BCUT2D eigenvalue weighted by atomic mass is 32.2. The third kappa shape index (κ3) is 5.92. The summed E-state index contributed by atoms with van der Waals surface area (Å²) in [7, 11) is 0. The summed E-state index contributed by atoms with van der Waals surface area (Å²) in [4.78, 5) is 0. The van der Waals surface area contributed by atoms with Gasteiger partial charge < -0.3 is 5.32 Å². The van der Waals surface area contributed by atoms with E-state index in [2.05, 4.69) is 24.0 Å². The Hall–Kier alpha value is 0.310. The van der Waals surface area contributed by atoms with Crippen molar-refractivity contribution in [1.82, 2.24) is 5.32 Å². The first-order valence-electron chi connectivity index (χ1n) is 6.24. The van der Waals surface area contributed by atoms with Gasteiger partial charge in [0.15, 0.2) is 0 Å². The van der Waals surface area contributed by atoms with Gasteiger partial charge in [-0.3, -0.25) is 0 Å². The van der Waals surface area contributed by atoms with Gasteiger partial charge in [0.2, 0.25) is 0 Å². The minimum absolute atomic E-state index is 0.833. The molecule has 1 aliphatic carbocycles. The fourth-order valence-electron chi connectivity index (χ4n) is 2.07. The van der Waals surface area contributed by atoms with Gasteiger partial charge in [0, 0.05) is 18.3 Å². The van der Waals surface area contributed by atoms with Gasteiger partial charge in [-0.1, -0.05) is 32.6 Å². The third-order valence-electron chi connectivity index (χ3n) is 2.88. The lowest BCUT2D eigenvalue weighted by molar-refractivity contribution is 0.474. The quantitative estimate of drug-likeness (QED) is 0.538. The molecular formula is C12H25NS. The molecule has 0 amide bonds. The molecule has 0 aliphatic heterocycles. The maximum atomic E-state index is 3.70. The van der Waals surface area contributed by atoms with Crippen LogP contribution in [0.1, 0.15) is 51.9 Å². The Bertz CT molecular complexity index is 119. The predicted molar refractivity (Wildman–Crippen MR) is 67.1 cm³/mol. The van der Waals surface area contributed by atoms with E-state index in [-0.39, 0.29) is 0 Å². The van der Waals surface area contributed by atoms with E-state index in [0.29, 0.717) is 0 Å². The van der Waals surface area contributed by atoms with Crippen LogP contribution in [0, 0.1) is 0 Å². The molecule has 0 aromatic heterocycles. The third-order valence-corrected chi connectivity index (χ3v) is 4.07. The summed E-state index contributed by atoms with van der Waals surface area (Å²) in [5.74, 6) is 2.62. The molecule has 1 N–H and O–H groups in total. The molecule has 0 aromatic rings. The van der Waals surface area contributed by atoms with Crippen molar-refractivity contribution in [3.05, 3.63) is 0 Å². The van der Waals surface area contributed by atoms with E-state index in [0.717, 1.165) is 6.04 Å². The Morgan fingerprint density at radius 3 is 2.43 bits per heavy atom. The molecular weight excluding hydrogens is 190 g/mol. The van der Waals surface area contributed by atoms with Gasteiger partial charge in [-0.05, 0) is 25.0 Å². The normalized spacial score (nSPS) is 19.5. The van der Waals surface area contributed by atoms with Crippen molar-refractivity contribution in [3.8, 4) is 0 Å². The molecule has 14 heavy (non-hydrogen) atoms. The minimum atomic E-state index is 0.833. The van der Waals surface area contributed by atoms with Crippen LogP contribution in [-0.2, 0) is 0 Å². The smallest absolute Gasteiger partial charge is 0.00673 e. The van der Waals surface area contributed by atoms with Crippen molar-refractivity contribution in [3.63, 3.8) is 0 Å². The number of nitrogens with one attached hydrogen (secondary N) is 1. The standard InChI is InChI=1S/C12H25NS/c1-2-10-14-11-9-13-12-7-5-3-4-6-8-12/h12-13H,2-11H2,1H3. The molecule has 1 aliphatic rings. The molecule has 1 fully saturated rings. The van der Waals surface area contributed by atoms with Crippen LogP contribution in [0.25, 0.3) is 0 Å². The second kappa shape index (κ2) is 8.60. The zero-order valence-electron chi connectivity index (χ0n) is 9.56. The minimum Gasteiger partial charge on any atom is -0.313 e. The molecule has 0 radical (unpaired) electrons. The van der Waals surface area contributed by atoms with Crippen molar-refractivity contribution in [2.45, 2.75) is 57.9 Å². The van der Waals surface area contributed by atoms with Crippen molar-refractivity contribution in [1.29, 1.82) is 0 Å². The number of hydrogen-bond donors (Lipinski definition) is 1. The molecule has 0 unspecified atom stereocenters. The Balaban J connectivity index is 1.93. The second-order valence-corrected chi connectivity index (χ2v) is 5.48. The van der Waals surface area contributed by atoms with Crippen molar-refractivity contribution >= 4 is 11.8 Å². The predicted octanol–water partition coefficient (Wildman–Crippen LogP) is 3.44. The van der Waals surface area contributed by atoms with Gasteiger partial charge in [0.1, 0.15) is 0 Å². The topological polar surface area (TPSA) is 12.0 Å². The van der Waals surface area contributed by atoms with Crippen LogP contribution < -0.4 is 5.32 Å². The van der Waals surface area contributed by atoms with Crippen LogP contribution in [0.15, 0.2) is 0 Å². The Labute approximate surface area is 93.4 Å². The van der Waals surface area contributed by atoms with Crippen molar-refractivity contribution in [2.24, 2.45) is 0 Å². The number of hydrogen-bond acceptors (Lipinski definition) is 2. The summed E-state index contributed by atoms with van der Waals surface area (Å²) in [6.45, 7) is 3.47. The summed E-state index contributed by atoms with van der Waals surface area (Å²) in [5.41, 5.74) is 0. The lowest BCUT2D eigenvalue weighted by Gasteiger charge is -2.15. The average Bonchev–Trinajstić information content (AvgIpc) is 2.46. The number of thioether (sulfide) groups is 1. The van der Waals surface area contributed by atoms with E-state index in [1.54, 1.807) is 0 Å². The van der Waals surface area contributed by atoms with Gasteiger partial charge in [0.25, 0.3) is 0 Å². The molecule has 1 saturated carbocycles. The first kappa shape index (κ1) is 12.4. The maximum Gasteiger partial charge on any atom is 0.00673 e. The second-order valence-electron chi connectivity index (χ2n) is 4.25. The Kier molecular flexibility index (Phi) is 7.61. The fraction of sp³-hybridized carbons (Fsp3) is 1.00. The summed E-state index contributed by atoms with van der Waals surface area (Å²) < 4.78 is 0. The molecule has 2 heteroatoms. The molecule has 84 valence electrons. The molecule has 0 bridgehead atoms. The number of rotatable bonds is 6. The van der Waals surface area contributed by atoms with E-state index in [4.69, 9.17) is 0 Å². The van der Waals surface area contributed by atoms with Gasteiger partial charge >= 0.3 is 0 Å². The van der Waals surface area contributed by atoms with Gasteiger partial charge in [0.05, 0.1) is 0 Å². The van der Waals surface area contributed by atoms with E-state index in [1.807, 2.05) is 0 Å². The lowest BCUT2D eigenvalue weighted by Crippen LogP contribution is -2.30. The zero-order valence-corrected chi connectivity index (χ0v) is 10.4. The van der Waals surface area contributed by atoms with Gasteiger partial charge in [-0.25, -0.2) is 0 Å². The molecule has 1 nitrogen and oxygen atoms in total. The van der Waals surface area contributed by atoms with Gasteiger partial charge in [-0.2, -0.15) is 11.8 Å². The Morgan fingerprint density at radius 1 is 1.07 bits per heavy atom. The lowest BCUT2D eigenvalue weighted by atomic mass is 10.1. The van der Waals surface area contributed by atoms with E-state index < -0.39 is 0 Å².